The van der Waals surface area contributed by atoms with Crippen LogP contribution in [-0.4, -0.2) is 0 Å². The van der Waals surface area contributed by atoms with E-state index in [1.165, 1.54) is 49.0 Å². The van der Waals surface area contributed by atoms with E-state index in [0.717, 1.165) is 55.7 Å². The van der Waals surface area contributed by atoms with Crippen molar-refractivity contribution in [3.8, 4) is 33.4 Å². The number of para-hydroxylation sites is 2. The molecule has 11 rings (SSSR count). The van der Waals surface area contributed by atoms with Gasteiger partial charge in [0, 0.05) is 16.6 Å². The first kappa shape index (κ1) is 32.0. The van der Waals surface area contributed by atoms with E-state index in [1.54, 1.807) is 0 Å². The molecule has 11 aromatic rings. The maximum atomic E-state index is 6.45. The molecular formula is C54H35NO. The first-order valence-electron chi connectivity index (χ1n) is 19.2. The Hall–Kier alpha value is -7.42. The number of anilines is 3. The summed E-state index contributed by atoms with van der Waals surface area (Å²) in [7, 11) is 0. The van der Waals surface area contributed by atoms with Crippen molar-refractivity contribution in [2.45, 2.75) is 0 Å². The van der Waals surface area contributed by atoms with Crippen LogP contribution >= 0.6 is 0 Å². The van der Waals surface area contributed by atoms with E-state index in [9.17, 15) is 0 Å². The molecule has 0 atom stereocenters. The second kappa shape index (κ2) is 13.2. The highest BCUT2D eigenvalue weighted by Gasteiger charge is 2.22. The predicted octanol–water partition coefficient (Wildman–Crippen LogP) is 15.5. The highest BCUT2D eigenvalue weighted by atomic mass is 16.3. The minimum Gasteiger partial charge on any atom is -0.456 e. The zero-order valence-corrected chi connectivity index (χ0v) is 30.6. The van der Waals surface area contributed by atoms with E-state index in [2.05, 4.69) is 211 Å². The lowest BCUT2D eigenvalue weighted by Crippen LogP contribution is -2.11. The van der Waals surface area contributed by atoms with E-state index in [1.807, 2.05) is 6.07 Å². The van der Waals surface area contributed by atoms with Crippen LogP contribution in [0.4, 0.5) is 17.1 Å². The third-order valence-electron chi connectivity index (χ3n) is 11.2. The lowest BCUT2D eigenvalue weighted by atomic mass is 9.95. The fraction of sp³-hybridized carbons (Fsp3) is 0. The summed E-state index contributed by atoms with van der Waals surface area (Å²) in [5.41, 5.74) is 12.0. The molecule has 1 heterocycles. The molecule has 0 aliphatic carbocycles. The molecule has 0 saturated heterocycles. The summed E-state index contributed by atoms with van der Waals surface area (Å²) in [6, 6.07) is 76.6. The van der Waals surface area contributed by atoms with Gasteiger partial charge in [0.15, 0.2) is 0 Å². The number of nitrogens with zero attached hydrogens (tertiary/aromatic N) is 1. The van der Waals surface area contributed by atoms with Crippen molar-refractivity contribution in [3.63, 3.8) is 0 Å². The molecule has 0 fully saturated rings. The SMILES string of the molecule is c1cc(-c2ccc(-c3ccc4ccccc4c3)cc2)cc(N(c2ccccc2-c2ccc3c(ccc4ccccc43)c2)c2cccc3oc4ccccc4c23)c1. The summed E-state index contributed by atoms with van der Waals surface area (Å²) in [6.45, 7) is 0. The van der Waals surface area contributed by atoms with Gasteiger partial charge in [-0.15, -0.1) is 0 Å². The van der Waals surface area contributed by atoms with Crippen LogP contribution < -0.4 is 4.90 Å². The van der Waals surface area contributed by atoms with Crippen molar-refractivity contribution >= 4 is 71.3 Å². The van der Waals surface area contributed by atoms with Gasteiger partial charge in [-0.25, -0.2) is 0 Å². The van der Waals surface area contributed by atoms with Crippen LogP contribution in [-0.2, 0) is 0 Å². The third kappa shape index (κ3) is 5.42. The van der Waals surface area contributed by atoms with Crippen molar-refractivity contribution in [2.24, 2.45) is 0 Å². The molecule has 0 amide bonds. The quantitative estimate of drug-likeness (QED) is 0.160. The molecule has 0 unspecified atom stereocenters. The minimum absolute atomic E-state index is 0.865. The molecule has 1 aromatic heterocycles. The number of hydrogen-bond donors (Lipinski definition) is 0. The Balaban J connectivity index is 1.07. The second-order valence-corrected chi connectivity index (χ2v) is 14.5. The van der Waals surface area contributed by atoms with Crippen molar-refractivity contribution < 1.29 is 4.42 Å². The highest BCUT2D eigenvalue weighted by Crippen LogP contribution is 2.47. The summed E-state index contributed by atoms with van der Waals surface area (Å²) < 4.78 is 6.45. The van der Waals surface area contributed by atoms with Crippen LogP contribution in [0.2, 0.25) is 0 Å². The van der Waals surface area contributed by atoms with Gasteiger partial charge in [0.1, 0.15) is 11.2 Å². The molecule has 0 radical (unpaired) electrons. The van der Waals surface area contributed by atoms with Gasteiger partial charge in [-0.1, -0.05) is 164 Å². The van der Waals surface area contributed by atoms with E-state index in [4.69, 9.17) is 4.42 Å². The first-order valence-corrected chi connectivity index (χ1v) is 19.2. The first-order chi connectivity index (χ1) is 27.7. The second-order valence-electron chi connectivity index (χ2n) is 14.5. The van der Waals surface area contributed by atoms with Crippen LogP contribution in [0.25, 0.3) is 87.6 Å². The Morgan fingerprint density at radius 2 is 0.875 bits per heavy atom. The molecule has 10 aromatic carbocycles. The lowest BCUT2D eigenvalue weighted by molar-refractivity contribution is 0.669. The topological polar surface area (TPSA) is 16.4 Å². The normalized spacial score (nSPS) is 11.6. The molecule has 0 saturated carbocycles. The molecular weight excluding hydrogens is 679 g/mol. The van der Waals surface area contributed by atoms with Gasteiger partial charge in [-0.05, 0) is 109 Å². The Bertz CT molecular complexity index is 3260. The molecule has 2 nitrogen and oxygen atoms in total. The maximum absolute atomic E-state index is 6.45. The average molecular weight is 714 g/mol. The van der Waals surface area contributed by atoms with Crippen molar-refractivity contribution in [1.29, 1.82) is 0 Å². The van der Waals surface area contributed by atoms with Gasteiger partial charge >= 0.3 is 0 Å². The number of furan rings is 1. The van der Waals surface area contributed by atoms with Crippen molar-refractivity contribution in [1.82, 2.24) is 0 Å². The highest BCUT2D eigenvalue weighted by molar-refractivity contribution is 6.14. The van der Waals surface area contributed by atoms with Crippen molar-refractivity contribution in [2.75, 3.05) is 4.90 Å². The molecule has 0 aliphatic heterocycles. The van der Waals surface area contributed by atoms with Crippen LogP contribution in [0, 0.1) is 0 Å². The standard InChI is InChI=1S/C54H35NO/c1-2-13-40-33-42(29-27-36(40)11-1)38-25-23-37(24-26-38)41-14-9-15-45(35-41)55(51-20-10-22-53-54(51)49-18-6-8-21-52(49)56-53)50-19-7-5-17-48(50)44-31-32-47-43(34-44)30-28-39-12-3-4-16-46(39)47/h1-35H. The van der Waals surface area contributed by atoms with E-state index >= 15 is 0 Å². The molecule has 0 N–H and O–H groups in total. The van der Waals surface area contributed by atoms with Gasteiger partial charge in [0.05, 0.1) is 16.8 Å². The van der Waals surface area contributed by atoms with Crippen LogP contribution in [0.3, 0.4) is 0 Å². The Labute approximate surface area is 325 Å². The maximum Gasteiger partial charge on any atom is 0.137 e. The predicted molar refractivity (Wildman–Crippen MR) is 237 cm³/mol. The number of rotatable bonds is 6. The summed E-state index contributed by atoms with van der Waals surface area (Å²) in [4.78, 5) is 2.41. The summed E-state index contributed by atoms with van der Waals surface area (Å²) >= 11 is 0. The largest absolute Gasteiger partial charge is 0.456 e. The van der Waals surface area contributed by atoms with Crippen molar-refractivity contribution in [3.05, 3.63) is 212 Å². The Morgan fingerprint density at radius 1 is 0.304 bits per heavy atom. The molecule has 0 spiro atoms. The van der Waals surface area contributed by atoms with Gasteiger partial charge in [0.25, 0.3) is 0 Å². The molecule has 262 valence electrons. The van der Waals surface area contributed by atoms with E-state index in [0.29, 0.717) is 0 Å². The van der Waals surface area contributed by atoms with Gasteiger partial charge in [-0.3, -0.25) is 0 Å². The number of fused-ring (bicyclic) bond motifs is 7. The third-order valence-corrected chi connectivity index (χ3v) is 11.2. The van der Waals surface area contributed by atoms with Crippen LogP contribution in [0.1, 0.15) is 0 Å². The lowest BCUT2D eigenvalue weighted by Gasteiger charge is -2.29. The monoisotopic (exact) mass is 713 g/mol. The summed E-state index contributed by atoms with van der Waals surface area (Å²) in [5.74, 6) is 0. The zero-order chi connectivity index (χ0) is 37.0. The summed E-state index contributed by atoms with van der Waals surface area (Å²) in [6.07, 6.45) is 0. The van der Waals surface area contributed by atoms with Crippen LogP contribution in [0.15, 0.2) is 217 Å². The number of hydrogen-bond acceptors (Lipinski definition) is 2. The molecule has 56 heavy (non-hydrogen) atoms. The van der Waals surface area contributed by atoms with Gasteiger partial charge in [-0.2, -0.15) is 0 Å². The molecule has 0 aliphatic rings. The number of benzene rings is 10. The van der Waals surface area contributed by atoms with Gasteiger partial charge in [0.2, 0.25) is 0 Å². The Kier molecular flexibility index (Phi) is 7.53. The van der Waals surface area contributed by atoms with E-state index in [-0.39, 0.29) is 0 Å². The zero-order valence-electron chi connectivity index (χ0n) is 30.6. The van der Waals surface area contributed by atoms with Gasteiger partial charge < -0.3 is 9.32 Å². The molecule has 2 heteroatoms. The minimum atomic E-state index is 0.865. The summed E-state index contributed by atoms with van der Waals surface area (Å²) in [5, 5.41) is 9.69. The van der Waals surface area contributed by atoms with E-state index < -0.39 is 0 Å². The molecule has 0 bridgehead atoms. The average Bonchev–Trinajstić information content (AvgIpc) is 3.66. The Morgan fingerprint density at radius 3 is 1.75 bits per heavy atom. The fourth-order valence-electron chi connectivity index (χ4n) is 8.49. The fourth-order valence-corrected chi connectivity index (χ4v) is 8.49. The van der Waals surface area contributed by atoms with Crippen LogP contribution in [0.5, 0.6) is 0 Å². The smallest absolute Gasteiger partial charge is 0.137 e.